The van der Waals surface area contributed by atoms with E-state index < -0.39 is 21.6 Å². The zero-order chi connectivity index (χ0) is 18.9. The van der Waals surface area contributed by atoms with Crippen molar-refractivity contribution in [2.24, 2.45) is 0 Å². The van der Waals surface area contributed by atoms with E-state index in [1.807, 2.05) is 4.90 Å². The number of hydrogen-bond acceptors (Lipinski definition) is 5. The van der Waals surface area contributed by atoms with Gasteiger partial charge in [0.25, 0.3) is 0 Å². The van der Waals surface area contributed by atoms with Crippen molar-refractivity contribution in [3.8, 4) is 0 Å². The van der Waals surface area contributed by atoms with Crippen molar-refractivity contribution >= 4 is 21.3 Å². The number of nitrogens with zero attached hydrogens (tertiary/aromatic N) is 3. The number of piperazine rings is 1. The second-order valence-corrected chi connectivity index (χ2v) is 8.16. The first kappa shape index (κ1) is 18.5. The Kier molecular flexibility index (Phi) is 4.83. The first-order valence-electron chi connectivity index (χ1n) is 7.98. The van der Waals surface area contributed by atoms with Gasteiger partial charge in [0.1, 0.15) is 5.82 Å². The van der Waals surface area contributed by atoms with E-state index in [1.54, 1.807) is 24.3 Å². The van der Waals surface area contributed by atoms with Crippen LogP contribution in [0.5, 0.6) is 0 Å². The van der Waals surface area contributed by atoms with E-state index in [4.69, 9.17) is 0 Å². The molecule has 1 aliphatic heterocycles. The monoisotopic (exact) mass is 385 g/mol. The van der Waals surface area contributed by atoms with Crippen molar-refractivity contribution in [1.82, 2.24) is 4.98 Å². The summed E-state index contributed by atoms with van der Waals surface area (Å²) >= 11 is 0. The summed E-state index contributed by atoms with van der Waals surface area (Å²) in [6, 6.07) is 9.12. The van der Waals surface area contributed by atoms with Gasteiger partial charge in [0, 0.05) is 44.3 Å². The maximum absolute atomic E-state index is 12.6. The molecule has 26 heavy (non-hydrogen) atoms. The highest BCUT2D eigenvalue weighted by atomic mass is 32.2. The normalized spacial score (nSPS) is 16.0. The summed E-state index contributed by atoms with van der Waals surface area (Å²) in [5.74, 6) is 0.519. The highest BCUT2D eigenvalue weighted by Crippen LogP contribution is 2.29. The van der Waals surface area contributed by atoms with Crippen molar-refractivity contribution < 1.29 is 21.6 Å². The van der Waals surface area contributed by atoms with E-state index in [1.165, 1.54) is 6.07 Å². The molecular formula is C17H18F3N3O2S. The molecule has 0 bridgehead atoms. The summed E-state index contributed by atoms with van der Waals surface area (Å²) in [5.41, 5.74) is 0.156. The van der Waals surface area contributed by atoms with Crippen molar-refractivity contribution in [2.75, 3.05) is 42.2 Å². The second-order valence-electron chi connectivity index (χ2n) is 6.14. The molecule has 2 heterocycles. The number of pyridine rings is 1. The molecule has 5 nitrogen and oxygen atoms in total. The van der Waals surface area contributed by atoms with Crippen LogP contribution in [0, 0.1) is 0 Å². The fraction of sp³-hybridized carbons (Fsp3) is 0.353. The maximum Gasteiger partial charge on any atom is 0.417 e. The van der Waals surface area contributed by atoms with Crippen molar-refractivity contribution in [3.63, 3.8) is 0 Å². The molecule has 0 radical (unpaired) electrons. The standard InChI is InChI=1S/C17H18F3N3O2S/c1-26(24,25)15-5-3-14(4-6-15)22-8-10-23(11-9-22)16-7-2-13(12-21-16)17(18,19)20/h2-7,12H,8-11H2,1H3. The molecular weight excluding hydrogens is 367 g/mol. The third-order valence-electron chi connectivity index (χ3n) is 4.31. The third-order valence-corrected chi connectivity index (χ3v) is 5.44. The van der Waals surface area contributed by atoms with Crippen LogP contribution in [-0.2, 0) is 16.0 Å². The number of alkyl halides is 3. The number of aromatic nitrogens is 1. The summed E-state index contributed by atoms with van der Waals surface area (Å²) in [5, 5.41) is 0. The molecule has 0 N–H and O–H groups in total. The molecule has 140 valence electrons. The van der Waals surface area contributed by atoms with Gasteiger partial charge in [0.05, 0.1) is 10.5 Å². The summed E-state index contributed by atoms with van der Waals surface area (Å²) < 4.78 is 60.8. The molecule has 1 aromatic heterocycles. The lowest BCUT2D eigenvalue weighted by molar-refractivity contribution is -0.137. The van der Waals surface area contributed by atoms with Gasteiger partial charge in [-0.15, -0.1) is 0 Å². The van der Waals surface area contributed by atoms with Crippen LogP contribution in [0.4, 0.5) is 24.7 Å². The first-order chi connectivity index (χ1) is 12.1. The van der Waals surface area contributed by atoms with Crippen molar-refractivity contribution in [2.45, 2.75) is 11.1 Å². The third kappa shape index (κ3) is 4.09. The maximum atomic E-state index is 12.6. The molecule has 3 rings (SSSR count). The minimum absolute atomic E-state index is 0.272. The molecule has 0 atom stereocenters. The quantitative estimate of drug-likeness (QED) is 0.813. The SMILES string of the molecule is CS(=O)(=O)c1ccc(N2CCN(c3ccc(C(F)(F)F)cn3)CC2)cc1. The Labute approximate surface area is 150 Å². The van der Waals surface area contributed by atoms with E-state index in [0.717, 1.165) is 24.2 Å². The number of sulfone groups is 1. The molecule has 1 saturated heterocycles. The average Bonchev–Trinajstić information content (AvgIpc) is 2.61. The molecule has 2 aromatic rings. The zero-order valence-corrected chi connectivity index (χ0v) is 14.9. The number of halogens is 3. The van der Waals surface area contributed by atoms with Crippen LogP contribution in [0.2, 0.25) is 0 Å². The molecule has 0 unspecified atom stereocenters. The van der Waals surface area contributed by atoms with E-state index in [0.29, 0.717) is 32.0 Å². The van der Waals surface area contributed by atoms with Gasteiger partial charge in [-0.2, -0.15) is 13.2 Å². The Bertz CT molecular complexity index is 858. The molecule has 1 fully saturated rings. The van der Waals surface area contributed by atoms with Crippen LogP contribution < -0.4 is 9.80 Å². The Balaban J connectivity index is 1.64. The fourth-order valence-electron chi connectivity index (χ4n) is 2.84. The van der Waals surface area contributed by atoms with Gasteiger partial charge in [-0.3, -0.25) is 0 Å². The predicted molar refractivity (Wildman–Crippen MR) is 93.2 cm³/mol. The number of hydrogen-bond donors (Lipinski definition) is 0. The molecule has 0 spiro atoms. The van der Waals surface area contributed by atoms with E-state index >= 15 is 0 Å². The second kappa shape index (κ2) is 6.79. The lowest BCUT2D eigenvalue weighted by Crippen LogP contribution is -2.46. The Morgan fingerprint density at radius 3 is 1.96 bits per heavy atom. The summed E-state index contributed by atoms with van der Waals surface area (Å²) in [4.78, 5) is 8.23. The molecule has 1 aliphatic rings. The highest BCUT2D eigenvalue weighted by molar-refractivity contribution is 7.90. The lowest BCUT2D eigenvalue weighted by Gasteiger charge is -2.36. The van der Waals surface area contributed by atoms with Crippen LogP contribution in [-0.4, -0.2) is 45.8 Å². The summed E-state index contributed by atoms with van der Waals surface area (Å²) in [6.45, 7) is 2.57. The number of benzene rings is 1. The van der Waals surface area contributed by atoms with E-state index in [2.05, 4.69) is 9.88 Å². The number of rotatable bonds is 3. The first-order valence-corrected chi connectivity index (χ1v) is 9.87. The summed E-state index contributed by atoms with van der Waals surface area (Å²) in [6.07, 6.45) is -2.37. The molecule has 0 aliphatic carbocycles. The van der Waals surface area contributed by atoms with Gasteiger partial charge in [-0.25, -0.2) is 13.4 Å². The Morgan fingerprint density at radius 1 is 0.923 bits per heavy atom. The van der Waals surface area contributed by atoms with Gasteiger partial charge < -0.3 is 9.80 Å². The van der Waals surface area contributed by atoms with Crippen molar-refractivity contribution in [3.05, 3.63) is 48.2 Å². The number of anilines is 2. The van der Waals surface area contributed by atoms with Gasteiger partial charge >= 0.3 is 6.18 Å². The predicted octanol–water partition coefficient (Wildman–Crippen LogP) is 2.83. The minimum Gasteiger partial charge on any atom is -0.368 e. The van der Waals surface area contributed by atoms with Crippen molar-refractivity contribution in [1.29, 1.82) is 0 Å². The molecule has 1 aromatic carbocycles. The largest absolute Gasteiger partial charge is 0.417 e. The average molecular weight is 385 g/mol. The summed E-state index contributed by atoms with van der Waals surface area (Å²) in [7, 11) is -3.22. The highest BCUT2D eigenvalue weighted by Gasteiger charge is 2.31. The van der Waals surface area contributed by atoms with E-state index in [-0.39, 0.29) is 4.90 Å². The Hall–Kier alpha value is -2.29. The van der Waals surface area contributed by atoms with E-state index in [9.17, 15) is 21.6 Å². The van der Waals surface area contributed by atoms with Gasteiger partial charge in [-0.05, 0) is 36.4 Å². The zero-order valence-electron chi connectivity index (χ0n) is 14.1. The van der Waals surface area contributed by atoms with Gasteiger partial charge in [0.2, 0.25) is 0 Å². The fourth-order valence-corrected chi connectivity index (χ4v) is 3.47. The van der Waals surface area contributed by atoms with Crippen LogP contribution >= 0.6 is 0 Å². The molecule has 0 saturated carbocycles. The minimum atomic E-state index is -4.39. The molecule has 0 amide bonds. The van der Waals surface area contributed by atoms with Crippen LogP contribution in [0.1, 0.15) is 5.56 Å². The smallest absolute Gasteiger partial charge is 0.368 e. The Morgan fingerprint density at radius 2 is 1.50 bits per heavy atom. The topological polar surface area (TPSA) is 53.5 Å². The molecule has 9 heteroatoms. The van der Waals surface area contributed by atoms with Gasteiger partial charge in [0.15, 0.2) is 9.84 Å². The van der Waals surface area contributed by atoms with Crippen LogP contribution in [0.25, 0.3) is 0 Å². The van der Waals surface area contributed by atoms with Crippen LogP contribution in [0.15, 0.2) is 47.5 Å². The lowest BCUT2D eigenvalue weighted by atomic mass is 10.2. The van der Waals surface area contributed by atoms with Crippen LogP contribution in [0.3, 0.4) is 0 Å². The van der Waals surface area contributed by atoms with Gasteiger partial charge in [-0.1, -0.05) is 0 Å².